The topological polar surface area (TPSA) is 83.6 Å². The maximum Gasteiger partial charge on any atom is 0.325 e. The molecule has 6 heteroatoms. The first kappa shape index (κ1) is 13.5. The number of rotatable bonds is 2. The average Bonchev–Trinajstić information content (AvgIpc) is 2.76. The van der Waals surface area contributed by atoms with E-state index in [1.165, 1.54) is 17.0 Å². The lowest BCUT2D eigenvalue weighted by Gasteiger charge is -2.20. The molecule has 5 nitrogen and oxygen atoms in total. The summed E-state index contributed by atoms with van der Waals surface area (Å²) < 4.78 is 13.4. The average molecular weight is 266 g/mol. The molecule has 1 aliphatic rings. The van der Waals surface area contributed by atoms with Crippen molar-refractivity contribution in [2.24, 2.45) is 5.73 Å². The van der Waals surface area contributed by atoms with Crippen LogP contribution in [0.2, 0.25) is 0 Å². The highest BCUT2D eigenvalue weighted by molar-refractivity contribution is 5.95. The van der Waals surface area contributed by atoms with Gasteiger partial charge in [0.25, 0.3) is 5.91 Å². The molecule has 1 heterocycles. The van der Waals surface area contributed by atoms with Crippen LogP contribution in [0, 0.1) is 12.7 Å². The molecule has 0 aromatic heterocycles. The quantitative estimate of drug-likeness (QED) is 0.828. The van der Waals surface area contributed by atoms with Crippen LogP contribution < -0.4 is 5.73 Å². The fraction of sp³-hybridized carbons (Fsp3) is 0.385. The van der Waals surface area contributed by atoms with Crippen LogP contribution in [0.15, 0.2) is 18.2 Å². The van der Waals surface area contributed by atoms with Crippen LogP contribution in [-0.4, -0.2) is 40.5 Å². The van der Waals surface area contributed by atoms with Crippen molar-refractivity contribution in [3.63, 3.8) is 0 Å². The van der Waals surface area contributed by atoms with Gasteiger partial charge in [0, 0.05) is 18.7 Å². The van der Waals surface area contributed by atoms with Crippen molar-refractivity contribution in [1.29, 1.82) is 0 Å². The summed E-state index contributed by atoms with van der Waals surface area (Å²) in [6.45, 7) is 1.81. The van der Waals surface area contributed by atoms with Crippen molar-refractivity contribution in [1.82, 2.24) is 4.90 Å². The molecule has 3 N–H and O–H groups in total. The van der Waals surface area contributed by atoms with Crippen molar-refractivity contribution in [2.45, 2.75) is 18.9 Å². The molecular formula is C13H15FN2O3. The molecule has 1 fully saturated rings. The molecule has 1 aromatic carbocycles. The van der Waals surface area contributed by atoms with E-state index < -0.39 is 23.2 Å². The lowest BCUT2D eigenvalue weighted by molar-refractivity contribution is -0.142. The summed E-state index contributed by atoms with van der Waals surface area (Å²) in [7, 11) is 0. The van der Waals surface area contributed by atoms with Gasteiger partial charge in [-0.2, -0.15) is 0 Å². The molecule has 1 amide bonds. The van der Waals surface area contributed by atoms with Crippen molar-refractivity contribution in [3.8, 4) is 0 Å². The number of aryl methyl sites for hydroxylation is 1. The number of likely N-dealkylation sites (tertiary alicyclic amines) is 1. The molecule has 2 rings (SSSR count). The second kappa shape index (κ2) is 4.62. The minimum Gasteiger partial charge on any atom is -0.480 e. The number of carboxylic acid groups (broad SMARTS) is 1. The summed E-state index contributed by atoms with van der Waals surface area (Å²) in [4.78, 5) is 24.5. The van der Waals surface area contributed by atoms with Crippen molar-refractivity contribution < 1.29 is 19.1 Å². The highest BCUT2D eigenvalue weighted by Gasteiger charge is 2.43. The lowest BCUT2D eigenvalue weighted by Crippen LogP contribution is -2.50. The summed E-state index contributed by atoms with van der Waals surface area (Å²) in [6, 6.07) is 4.21. The fourth-order valence-electron chi connectivity index (χ4n) is 2.09. The van der Waals surface area contributed by atoms with Gasteiger partial charge in [0.2, 0.25) is 0 Å². The first-order valence-electron chi connectivity index (χ1n) is 5.91. The van der Waals surface area contributed by atoms with Crippen LogP contribution in [0.4, 0.5) is 4.39 Å². The molecule has 1 aliphatic heterocycles. The minimum absolute atomic E-state index is 0.0589. The molecule has 0 bridgehead atoms. The molecule has 1 aromatic rings. The summed E-state index contributed by atoms with van der Waals surface area (Å²) in [5.74, 6) is -1.98. The molecule has 0 spiro atoms. The smallest absolute Gasteiger partial charge is 0.325 e. The van der Waals surface area contributed by atoms with Gasteiger partial charge in [-0.1, -0.05) is 6.07 Å². The Morgan fingerprint density at radius 3 is 2.68 bits per heavy atom. The van der Waals surface area contributed by atoms with E-state index in [1.54, 1.807) is 6.92 Å². The molecule has 1 unspecified atom stereocenters. The van der Waals surface area contributed by atoms with Crippen molar-refractivity contribution >= 4 is 11.9 Å². The predicted octanol–water partition coefficient (Wildman–Crippen LogP) is 0.762. The largest absolute Gasteiger partial charge is 0.480 e. The Balaban J connectivity index is 2.18. The highest BCUT2D eigenvalue weighted by Crippen LogP contribution is 2.21. The summed E-state index contributed by atoms with van der Waals surface area (Å²) in [5.41, 5.74) is 4.95. The predicted molar refractivity (Wildman–Crippen MR) is 66.2 cm³/mol. The Morgan fingerprint density at radius 2 is 2.16 bits per heavy atom. The van der Waals surface area contributed by atoms with Gasteiger partial charge in [0.05, 0.1) is 0 Å². The zero-order valence-electron chi connectivity index (χ0n) is 10.5. The van der Waals surface area contributed by atoms with Crippen LogP contribution in [0.25, 0.3) is 0 Å². The molecule has 1 saturated heterocycles. The number of hydrogen-bond donors (Lipinski definition) is 2. The van der Waals surface area contributed by atoms with E-state index in [4.69, 9.17) is 10.8 Å². The Morgan fingerprint density at radius 1 is 1.47 bits per heavy atom. The van der Waals surface area contributed by atoms with E-state index in [-0.39, 0.29) is 25.1 Å². The van der Waals surface area contributed by atoms with E-state index in [0.29, 0.717) is 5.56 Å². The van der Waals surface area contributed by atoms with E-state index in [1.807, 2.05) is 0 Å². The highest BCUT2D eigenvalue weighted by atomic mass is 19.1. The number of nitrogens with zero attached hydrogens (tertiary/aromatic N) is 1. The second-order valence-corrected chi connectivity index (χ2v) is 4.90. The van der Waals surface area contributed by atoms with Crippen LogP contribution in [0.3, 0.4) is 0 Å². The number of hydrogen-bond acceptors (Lipinski definition) is 3. The van der Waals surface area contributed by atoms with Crippen LogP contribution >= 0.6 is 0 Å². The van der Waals surface area contributed by atoms with Gasteiger partial charge in [-0.05, 0) is 31.0 Å². The number of amides is 1. The zero-order valence-corrected chi connectivity index (χ0v) is 10.5. The van der Waals surface area contributed by atoms with Crippen molar-refractivity contribution in [2.75, 3.05) is 13.1 Å². The van der Waals surface area contributed by atoms with E-state index in [9.17, 15) is 14.0 Å². The van der Waals surface area contributed by atoms with E-state index in [0.717, 1.165) is 6.07 Å². The molecule has 0 radical (unpaired) electrons. The molecule has 0 aliphatic carbocycles. The first-order valence-corrected chi connectivity index (χ1v) is 5.91. The number of carbonyl (C=O) groups is 2. The number of benzene rings is 1. The van der Waals surface area contributed by atoms with Gasteiger partial charge in [-0.15, -0.1) is 0 Å². The molecule has 19 heavy (non-hydrogen) atoms. The van der Waals surface area contributed by atoms with E-state index >= 15 is 0 Å². The number of halogens is 1. The van der Waals surface area contributed by atoms with Gasteiger partial charge in [-0.25, -0.2) is 4.39 Å². The second-order valence-electron chi connectivity index (χ2n) is 4.90. The van der Waals surface area contributed by atoms with Crippen LogP contribution in [0.1, 0.15) is 22.3 Å². The van der Waals surface area contributed by atoms with Gasteiger partial charge in [0.1, 0.15) is 11.4 Å². The zero-order chi connectivity index (χ0) is 14.2. The summed E-state index contributed by atoms with van der Waals surface area (Å²) in [5, 5.41) is 9.00. The number of nitrogens with two attached hydrogens (primary N) is 1. The number of carboxylic acids is 1. The normalized spacial score (nSPS) is 22.6. The maximum absolute atomic E-state index is 13.4. The van der Waals surface area contributed by atoms with Gasteiger partial charge in [0.15, 0.2) is 0 Å². The maximum atomic E-state index is 13.4. The minimum atomic E-state index is -1.40. The number of aliphatic carboxylic acids is 1. The molecule has 0 saturated carbocycles. The third-order valence-corrected chi connectivity index (χ3v) is 3.43. The third kappa shape index (κ3) is 2.44. The number of carbonyl (C=O) groups excluding carboxylic acids is 1. The lowest BCUT2D eigenvalue weighted by atomic mass is 10.0. The molecule has 102 valence electrons. The standard InChI is InChI=1S/C13H15FN2O3/c1-8-2-3-9(6-10(8)14)11(17)16-5-4-13(15,7-16)12(18)19/h2-3,6H,4-5,7,15H2,1H3,(H,18,19). The SMILES string of the molecule is Cc1ccc(C(=O)N2CCC(N)(C(=O)O)C2)cc1F. The van der Waals surface area contributed by atoms with Gasteiger partial charge < -0.3 is 15.7 Å². The Hall–Kier alpha value is -1.95. The van der Waals surface area contributed by atoms with Crippen molar-refractivity contribution in [3.05, 3.63) is 35.1 Å². The van der Waals surface area contributed by atoms with Crippen LogP contribution in [-0.2, 0) is 4.79 Å². The first-order chi connectivity index (χ1) is 8.83. The Kier molecular flexibility index (Phi) is 3.28. The summed E-state index contributed by atoms with van der Waals surface area (Å²) >= 11 is 0. The third-order valence-electron chi connectivity index (χ3n) is 3.43. The molecule has 1 atom stereocenters. The van der Waals surface area contributed by atoms with Gasteiger partial charge in [-0.3, -0.25) is 9.59 Å². The van der Waals surface area contributed by atoms with Gasteiger partial charge >= 0.3 is 5.97 Å². The monoisotopic (exact) mass is 266 g/mol. The van der Waals surface area contributed by atoms with Crippen LogP contribution in [0.5, 0.6) is 0 Å². The Labute approximate surface area is 109 Å². The Bertz CT molecular complexity index is 547. The summed E-state index contributed by atoms with van der Waals surface area (Å²) in [6.07, 6.45) is 0.197. The molecular weight excluding hydrogens is 251 g/mol. The van der Waals surface area contributed by atoms with E-state index in [2.05, 4.69) is 0 Å². The fourth-order valence-corrected chi connectivity index (χ4v) is 2.09.